The normalized spacial score (nSPS) is 20.8. The van der Waals surface area contributed by atoms with Gasteiger partial charge >= 0.3 is 5.69 Å². The molecule has 0 spiro atoms. The van der Waals surface area contributed by atoms with E-state index in [1.165, 1.54) is 0 Å². The van der Waals surface area contributed by atoms with Crippen molar-refractivity contribution in [3.8, 4) is 5.75 Å². The number of nitrogens with zero attached hydrogens (tertiary/aromatic N) is 1. The molecule has 1 fully saturated rings. The van der Waals surface area contributed by atoms with Crippen LogP contribution in [0.15, 0.2) is 23.0 Å². The van der Waals surface area contributed by atoms with Crippen molar-refractivity contribution in [2.75, 3.05) is 13.2 Å². The minimum absolute atomic E-state index is 0.0619. The van der Waals surface area contributed by atoms with E-state index in [0.717, 1.165) is 25.0 Å². The summed E-state index contributed by atoms with van der Waals surface area (Å²) in [5, 5.41) is 9.69. The fourth-order valence-corrected chi connectivity index (χ4v) is 2.42. The molecule has 1 saturated heterocycles. The molecule has 1 aromatic carbocycles. The van der Waals surface area contributed by atoms with Crippen molar-refractivity contribution in [3.05, 3.63) is 28.7 Å². The predicted molar refractivity (Wildman–Crippen MR) is 63.3 cm³/mol. The molecule has 2 aromatic rings. The molecular weight excluding hydrogens is 220 g/mol. The van der Waals surface area contributed by atoms with Gasteiger partial charge in [-0.15, -0.1) is 0 Å². The Morgan fingerprint density at radius 1 is 1.47 bits per heavy atom. The van der Waals surface area contributed by atoms with E-state index in [1.807, 2.05) is 6.07 Å². The first-order valence-electron chi connectivity index (χ1n) is 5.77. The van der Waals surface area contributed by atoms with E-state index >= 15 is 0 Å². The number of aromatic hydroxyl groups is 1. The molecule has 2 N–H and O–H groups in total. The minimum atomic E-state index is -0.183. The molecule has 0 saturated carbocycles. The molecule has 0 bridgehead atoms. The molecule has 2 heterocycles. The molecule has 5 heteroatoms. The predicted octanol–water partition coefficient (Wildman–Crippen LogP) is 1.39. The number of H-pyrrole nitrogens is 1. The fourth-order valence-electron chi connectivity index (χ4n) is 2.42. The molecule has 1 unspecified atom stereocenters. The third-order valence-electron chi connectivity index (χ3n) is 3.23. The summed E-state index contributed by atoms with van der Waals surface area (Å²) in [6.45, 7) is 1.32. The maximum Gasteiger partial charge on any atom is 0.326 e. The molecule has 0 radical (unpaired) electrons. The topological polar surface area (TPSA) is 67.2 Å². The fraction of sp³-hybridized carbons (Fsp3) is 0.417. The van der Waals surface area contributed by atoms with Gasteiger partial charge in [0.15, 0.2) is 0 Å². The van der Waals surface area contributed by atoms with Gasteiger partial charge in [-0.2, -0.15) is 0 Å². The number of benzene rings is 1. The van der Waals surface area contributed by atoms with Crippen molar-refractivity contribution in [2.24, 2.45) is 0 Å². The van der Waals surface area contributed by atoms with Gasteiger partial charge in [-0.05, 0) is 25.0 Å². The number of rotatable bonds is 1. The molecule has 1 aromatic heterocycles. The van der Waals surface area contributed by atoms with E-state index in [1.54, 1.807) is 16.7 Å². The summed E-state index contributed by atoms with van der Waals surface area (Å²) in [5.41, 5.74) is 1.06. The lowest BCUT2D eigenvalue weighted by molar-refractivity contribution is 0.0595. The van der Waals surface area contributed by atoms with Crippen molar-refractivity contribution >= 4 is 11.0 Å². The van der Waals surface area contributed by atoms with Crippen LogP contribution in [0, 0.1) is 0 Å². The highest BCUT2D eigenvalue weighted by Gasteiger charge is 2.20. The first-order valence-corrected chi connectivity index (χ1v) is 5.77. The zero-order chi connectivity index (χ0) is 11.8. The van der Waals surface area contributed by atoms with Crippen LogP contribution >= 0.6 is 0 Å². The molecule has 5 nitrogen and oxygen atoms in total. The largest absolute Gasteiger partial charge is 0.506 e. The number of aromatic amines is 1. The number of ether oxygens (including phenoxy) is 1. The van der Waals surface area contributed by atoms with Crippen LogP contribution in [-0.4, -0.2) is 27.9 Å². The first kappa shape index (κ1) is 10.4. The second kappa shape index (κ2) is 3.92. The summed E-state index contributed by atoms with van der Waals surface area (Å²) in [7, 11) is 0. The molecule has 1 atom stereocenters. The summed E-state index contributed by atoms with van der Waals surface area (Å²) in [6, 6.07) is 5.21. The average Bonchev–Trinajstić information content (AvgIpc) is 2.68. The van der Waals surface area contributed by atoms with Crippen LogP contribution in [0.4, 0.5) is 0 Å². The van der Waals surface area contributed by atoms with Crippen LogP contribution < -0.4 is 5.69 Å². The zero-order valence-corrected chi connectivity index (χ0v) is 9.35. The second-order valence-electron chi connectivity index (χ2n) is 4.34. The van der Waals surface area contributed by atoms with E-state index in [0.29, 0.717) is 12.1 Å². The third-order valence-corrected chi connectivity index (χ3v) is 3.23. The van der Waals surface area contributed by atoms with Crippen LogP contribution in [0.1, 0.15) is 18.9 Å². The zero-order valence-electron chi connectivity index (χ0n) is 9.35. The SMILES string of the molecule is O=c1[nH]c2c(O)cccc2n1C1CCCOC1. The Morgan fingerprint density at radius 3 is 3.12 bits per heavy atom. The number of phenolic OH excluding ortho intramolecular Hbond substituents is 1. The molecule has 90 valence electrons. The quantitative estimate of drug-likeness (QED) is 0.783. The Hall–Kier alpha value is -1.75. The standard InChI is InChI=1S/C12H14N2O3/c15-10-5-1-4-9-11(10)13-12(16)14(9)8-3-2-6-17-7-8/h1,4-5,8,15H,2-3,6-7H2,(H,13,16). The molecule has 3 rings (SSSR count). The summed E-state index contributed by atoms with van der Waals surface area (Å²) < 4.78 is 7.09. The van der Waals surface area contributed by atoms with Crippen molar-refractivity contribution in [3.63, 3.8) is 0 Å². The van der Waals surface area contributed by atoms with Crippen LogP contribution in [-0.2, 0) is 4.74 Å². The van der Waals surface area contributed by atoms with E-state index in [-0.39, 0.29) is 17.5 Å². The van der Waals surface area contributed by atoms with Gasteiger partial charge in [0.05, 0.1) is 18.2 Å². The molecular formula is C12H14N2O3. The van der Waals surface area contributed by atoms with E-state index in [4.69, 9.17) is 4.74 Å². The summed E-state index contributed by atoms with van der Waals surface area (Å²) in [6.07, 6.45) is 1.89. The number of fused-ring (bicyclic) bond motifs is 1. The number of phenols is 1. The number of aromatic nitrogens is 2. The monoisotopic (exact) mass is 234 g/mol. The molecule has 0 amide bonds. The number of hydrogen-bond acceptors (Lipinski definition) is 3. The van der Waals surface area contributed by atoms with Gasteiger partial charge in [0.1, 0.15) is 11.3 Å². The number of hydrogen-bond donors (Lipinski definition) is 2. The second-order valence-corrected chi connectivity index (χ2v) is 4.34. The lowest BCUT2D eigenvalue weighted by atomic mass is 10.1. The summed E-state index contributed by atoms with van der Waals surface area (Å²) in [4.78, 5) is 14.6. The highest BCUT2D eigenvalue weighted by Crippen LogP contribution is 2.26. The van der Waals surface area contributed by atoms with Crippen LogP contribution in [0.25, 0.3) is 11.0 Å². The number of imidazole rings is 1. The summed E-state index contributed by atoms with van der Waals surface area (Å²) >= 11 is 0. The van der Waals surface area contributed by atoms with E-state index in [2.05, 4.69) is 4.98 Å². The van der Waals surface area contributed by atoms with Crippen molar-refractivity contribution in [1.82, 2.24) is 9.55 Å². The van der Waals surface area contributed by atoms with Gasteiger partial charge in [-0.3, -0.25) is 4.57 Å². The summed E-state index contributed by atoms with van der Waals surface area (Å²) in [5.74, 6) is 0.107. The van der Waals surface area contributed by atoms with Gasteiger partial charge in [0, 0.05) is 6.61 Å². The van der Waals surface area contributed by atoms with Crippen LogP contribution in [0.5, 0.6) is 5.75 Å². The lowest BCUT2D eigenvalue weighted by Crippen LogP contribution is -2.28. The van der Waals surface area contributed by atoms with Crippen molar-refractivity contribution in [2.45, 2.75) is 18.9 Å². The number of para-hydroxylation sites is 1. The van der Waals surface area contributed by atoms with Gasteiger partial charge < -0.3 is 14.8 Å². The third kappa shape index (κ3) is 1.63. The minimum Gasteiger partial charge on any atom is -0.506 e. The Labute approximate surface area is 97.6 Å². The average molecular weight is 234 g/mol. The van der Waals surface area contributed by atoms with Crippen molar-refractivity contribution in [1.29, 1.82) is 0 Å². The Bertz CT molecular complexity index is 593. The van der Waals surface area contributed by atoms with Crippen molar-refractivity contribution < 1.29 is 9.84 Å². The lowest BCUT2D eigenvalue weighted by Gasteiger charge is -2.23. The van der Waals surface area contributed by atoms with Gasteiger partial charge in [0.2, 0.25) is 0 Å². The Balaban J connectivity index is 2.18. The van der Waals surface area contributed by atoms with Crippen LogP contribution in [0.3, 0.4) is 0 Å². The Morgan fingerprint density at radius 2 is 2.35 bits per heavy atom. The van der Waals surface area contributed by atoms with E-state index < -0.39 is 0 Å². The molecule has 1 aliphatic rings. The molecule has 17 heavy (non-hydrogen) atoms. The van der Waals surface area contributed by atoms with Crippen LogP contribution in [0.2, 0.25) is 0 Å². The maximum absolute atomic E-state index is 11.9. The van der Waals surface area contributed by atoms with Gasteiger partial charge in [-0.1, -0.05) is 6.07 Å². The number of nitrogens with one attached hydrogen (secondary N) is 1. The Kier molecular flexibility index (Phi) is 2.40. The maximum atomic E-state index is 11.9. The highest BCUT2D eigenvalue weighted by atomic mass is 16.5. The smallest absolute Gasteiger partial charge is 0.326 e. The van der Waals surface area contributed by atoms with Gasteiger partial charge in [-0.25, -0.2) is 4.79 Å². The molecule has 0 aliphatic carbocycles. The molecule has 1 aliphatic heterocycles. The first-order chi connectivity index (χ1) is 8.27. The van der Waals surface area contributed by atoms with E-state index in [9.17, 15) is 9.90 Å². The highest BCUT2D eigenvalue weighted by molar-refractivity contribution is 5.81. The van der Waals surface area contributed by atoms with Gasteiger partial charge in [0.25, 0.3) is 0 Å².